The molecule has 0 aromatic carbocycles. The largest absolute Gasteiger partial charge is 0.480 e. The molecule has 1 fully saturated rings. The number of nitrogens with one attached hydrogen (secondary N) is 1. The van der Waals surface area contributed by atoms with E-state index >= 15 is 0 Å². The summed E-state index contributed by atoms with van der Waals surface area (Å²) in [5.41, 5.74) is 0. The number of carbonyl (C=O) groups is 3. The van der Waals surface area contributed by atoms with Crippen LogP contribution in [0.2, 0.25) is 0 Å². The molecule has 1 atom stereocenters. The molecule has 1 saturated heterocycles. The van der Waals surface area contributed by atoms with Crippen LogP contribution in [0.5, 0.6) is 0 Å². The predicted octanol–water partition coefficient (Wildman–Crippen LogP) is -2.07. The number of aliphatic carboxylic acids is 3. The lowest BCUT2D eigenvalue weighted by atomic mass is 10.1. The van der Waals surface area contributed by atoms with Gasteiger partial charge in [-0.05, 0) is 0 Å². The molecule has 1 unspecified atom stereocenters. The van der Waals surface area contributed by atoms with Crippen molar-refractivity contribution in [3.05, 3.63) is 0 Å². The molecule has 31 heavy (non-hydrogen) atoms. The number of hydrogen-bond donors (Lipinski definition) is 4. The second-order valence-corrected chi connectivity index (χ2v) is 7.87. The van der Waals surface area contributed by atoms with Crippen LogP contribution < -0.4 is 5.32 Å². The Morgan fingerprint density at radius 2 is 1.39 bits per heavy atom. The fraction of sp³-hybridized carbons (Fsp3) is 0.842. The normalized spacial score (nSPS) is 22.5. The van der Waals surface area contributed by atoms with E-state index in [0.717, 1.165) is 0 Å². The maximum absolute atomic E-state index is 11.8. The minimum Gasteiger partial charge on any atom is -0.480 e. The molecule has 12 nitrogen and oxygen atoms in total. The Morgan fingerprint density at radius 1 is 0.839 bits per heavy atom. The molecule has 0 saturated carbocycles. The summed E-state index contributed by atoms with van der Waals surface area (Å²) in [7, 11) is 3.12. The van der Waals surface area contributed by atoms with Crippen molar-refractivity contribution >= 4 is 17.9 Å². The van der Waals surface area contributed by atoms with E-state index in [0.29, 0.717) is 65.6 Å². The first-order chi connectivity index (χ1) is 14.7. The lowest BCUT2D eigenvalue weighted by Gasteiger charge is -2.44. The zero-order valence-electron chi connectivity index (χ0n) is 18.5. The average molecular weight is 450 g/mol. The summed E-state index contributed by atoms with van der Waals surface area (Å²) in [6.07, 6.45) is 0. The topological polar surface area (TPSA) is 149 Å². The quantitative estimate of drug-likeness (QED) is 0.258. The SMILES string of the molecule is COCC(COC)[N+]1(CC(=O)O)CCNCCN(CC(=O)O)CCN(CC(=O)O)CC1. The molecule has 0 bridgehead atoms. The van der Waals surface area contributed by atoms with Gasteiger partial charge < -0.3 is 34.6 Å². The number of quaternary nitrogens is 1. The van der Waals surface area contributed by atoms with Crippen molar-refractivity contribution in [3.8, 4) is 0 Å². The van der Waals surface area contributed by atoms with E-state index in [9.17, 15) is 24.6 Å². The first kappa shape index (κ1) is 27.2. The van der Waals surface area contributed by atoms with Gasteiger partial charge in [-0.1, -0.05) is 0 Å². The zero-order valence-corrected chi connectivity index (χ0v) is 18.5. The third-order valence-corrected chi connectivity index (χ3v) is 5.59. The Labute approximate surface area is 182 Å². The fourth-order valence-corrected chi connectivity index (χ4v) is 3.99. The van der Waals surface area contributed by atoms with E-state index in [1.807, 2.05) is 0 Å². The number of carboxylic acid groups (broad SMARTS) is 3. The molecule has 1 heterocycles. The number of hydrogen-bond acceptors (Lipinski definition) is 8. The standard InChI is InChI=1S/C19H36N4O8/c1-30-14-16(15-31-2)23(13-19(28)29)9-4-20-3-5-21(11-17(24)25)6-7-22(8-10-23)12-18(26)27/h16,20H,3-15H2,1-2H3,(H2-,24,25,26,27,28,29)/p+1. The Kier molecular flexibility index (Phi) is 12.5. The molecule has 0 aromatic rings. The zero-order chi connectivity index (χ0) is 23.3. The Morgan fingerprint density at radius 3 is 1.87 bits per heavy atom. The summed E-state index contributed by atoms with van der Waals surface area (Å²) in [6.45, 7) is 3.74. The number of methoxy groups -OCH3 is 2. The van der Waals surface area contributed by atoms with Crippen molar-refractivity contribution < 1.29 is 43.7 Å². The van der Waals surface area contributed by atoms with Gasteiger partial charge in [0, 0.05) is 53.5 Å². The highest BCUT2D eigenvalue weighted by Crippen LogP contribution is 2.16. The summed E-state index contributed by atoms with van der Waals surface area (Å²) in [5, 5.41) is 31.4. The van der Waals surface area contributed by atoms with Gasteiger partial charge in [0.1, 0.15) is 19.3 Å². The minimum atomic E-state index is -0.986. The summed E-state index contributed by atoms with van der Waals surface area (Å²) in [5.74, 6) is -2.86. The van der Waals surface area contributed by atoms with Crippen molar-refractivity contribution in [2.45, 2.75) is 6.04 Å². The molecule has 1 aliphatic rings. The van der Waals surface area contributed by atoms with Gasteiger partial charge >= 0.3 is 17.9 Å². The van der Waals surface area contributed by atoms with Crippen LogP contribution in [0.25, 0.3) is 0 Å². The molecule has 12 heteroatoms. The lowest BCUT2D eigenvalue weighted by molar-refractivity contribution is -0.944. The van der Waals surface area contributed by atoms with Gasteiger partial charge in [0.2, 0.25) is 0 Å². The molecule has 4 N–H and O–H groups in total. The van der Waals surface area contributed by atoms with Gasteiger partial charge in [0.05, 0.1) is 26.2 Å². The molecule has 0 spiro atoms. The maximum Gasteiger partial charge on any atom is 0.359 e. The first-order valence-electron chi connectivity index (χ1n) is 10.4. The number of nitrogens with zero attached hydrogens (tertiary/aromatic N) is 3. The van der Waals surface area contributed by atoms with Crippen molar-refractivity contribution in [3.63, 3.8) is 0 Å². The summed E-state index contributed by atoms with van der Waals surface area (Å²) < 4.78 is 10.9. The van der Waals surface area contributed by atoms with Crippen molar-refractivity contribution in [1.29, 1.82) is 0 Å². The van der Waals surface area contributed by atoms with Crippen LogP contribution in [0, 0.1) is 0 Å². The minimum absolute atomic E-state index is 0.120. The van der Waals surface area contributed by atoms with Gasteiger partial charge in [-0.2, -0.15) is 0 Å². The molecule has 0 aromatic heterocycles. The molecule has 0 amide bonds. The monoisotopic (exact) mass is 449 g/mol. The van der Waals surface area contributed by atoms with Crippen LogP contribution in [0.15, 0.2) is 0 Å². The summed E-state index contributed by atoms with van der Waals surface area (Å²) in [4.78, 5) is 37.8. The molecule has 180 valence electrons. The van der Waals surface area contributed by atoms with Gasteiger partial charge in [-0.3, -0.25) is 19.4 Å². The molecule has 1 rings (SSSR count). The smallest absolute Gasteiger partial charge is 0.359 e. The van der Waals surface area contributed by atoms with E-state index in [1.165, 1.54) is 0 Å². The van der Waals surface area contributed by atoms with Gasteiger partial charge in [-0.25, -0.2) is 4.79 Å². The third kappa shape index (κ3) is 10.4. The van der Waals surface area contributed by atoms with E-state index < -0.39 is 17.9 Å². The van der Waals surface area contributed by atoms with Crippen LogP contribution in [-0.2, 0) is 23.9 Å². The van der Waals surface area contributed by atoms with Gasteiger partial charge in [0.15, 0.2) is 6.54 Å². The average Bonchev–Trinajstić information content (AvgIpc) is 2.66. The highest BCUT2D eigenvalue weighted by Gasteiger charge is 2.39. The number of carboxylic acids is 3. The maximum atomic E-state index is 11.8. The van der Waals surface area contributed by atoms with Gasteiger partial charge in [0.25, 0.3) is 0 Å². The Hall–Kier alpha value is -1.83. The number of rotatable bonds is 11. The Bertz CT molecular complexity index is 573. The van der Waals surface area contributed by atoms with Crippen LogP contribution in [0.1, 0.15) is 0 Å². The highest BCUT2D eigenvalue weighted by molar-refractivity contribution is 5.69. The first-order valence-corrected chi connectivity index (χ1v) is 10.4. The van der Waals surface area contributed by atoms with Crippen molar-refractivity contribution in [2.24, 2.45) is 0 Å². The van der Waals surface area contributed by atoms with Crippen molar-refractivity contribution in [2.75, 3.05) is 99.4 Å². The fourth-order valence-electron chi connectivity index (χ4n) is 3.99. The molecule has 1 aliphatic heterocycles. The van der Waals surface area contributed by atoms with Crippen molar-refractivity contribution in [1.82, 2.24) is 15.1 Å². The molecular weight excluding hydrogens is 412 g/mol. The van der Waals surface area contributed by atoms with Gasteiger partial charge in [-0.15, -0.1) is 0 Å². The summed E-state index contributed by atoms with van der Waals surface area (Å²) in [6, 6.07) is -0.231. The third-order valence-electron chi connectivity index (χ3n) is 5.59. The Balaban J connectivity index is 3.13. The lowest BCUT2D eigenvalue weighted by Crippen LogP contribution is -2.65. The van der Waals surface area contributed by atoms with E-state index in [-0.39, 0.29) is 30.2 Å². The summed E-state index contributed by atoms with van der Waals surface area (Å²) >= 11 is 0. The van der Waals surface area contributed by atoms with E-state index in [4.69, 9.17) is 14.6 Å². The second kappa shape index (κ2) is 14.3. The van der Waals surface area contributed by atoms with Crippen LogP contribution in [0.3, 0.4) is 0 Å². The molecule has 0 radical (unpaired) electrons. The number of ether oxygens (including phenoxy) is 2. The van der Waals surface area contributed by atoms with E-state index in [1.54, 1.807) is 24.0 Å². The highest BCUT2D eigenvalue weighted by atomic mass is 16.5. The predicted molar refractivity (Wildman–Crippen MR) is 111 cm³/mol. The van der Waals surface area contributed by atoms with Crippen LogP contribution >= 0.6 is 0 Å². The molecular formula is C19H37N4O8+. The van der Waals surface area contributed by atoms with Crippen LogP contribution in [0.4, 0.5) is 0 Å². The van der Waals surface area contributed by atoms with E-state index in [2.05, 4.69) is 5.32 Å². The second-order valence-electron chi connectivity index (χ2n) is 7.87. The molecule has 0 aliphatic carbocycles. The van der Waals surface area contributed by atoms with Crippen LogP contribution in [-0.4, -0.2) is 153 Å².